The Hall–Kier alpha value is -3.23. The number of aryl methyl sites for hydroxylation is 1. The standard InChI is InChI=1S/C20H24N6O3/c1-11-5-4-6-12-13-9-25(8-7-14(13)21-16(11)12)15(27)10-26-18-17(22-19(26)28)23(2)20(29)24(18)3/h4-6,17-18,21H,7-10H2,1-3H3,(H,22,28)/t17-,18+/m0/s1. The van der Waals surface area contributed by atoms with Gasteiger partial charge in [-0.25, -0.2) is 9.59 Å². The number of para-hydroxylation sites is 1. The summed E-state index contributed by atoms with van der Waals surface area (Å²) >= 11 is 0. The number of hydrogen-bond donors (Lipinski definition) is 2. The first-order valence-electron chi connectivity index (χ1n) is 9.80. The van der Waals surface area contributed by atoms with Gasteiger partial charge in [0.05, 0.1) is 0 Å². The number of H-pyrrole nitrogens is 1. The summed E-state index contributed by atoms with van der Waals surface area (Å²) in [6, 6.07) is 5.70. The molecule has 2 N–H and O–H groups in total. The molecule has 2 aromatic rings. The van der Waals surface area contributed by atoms with Crippen molar-refractivity contribution in [2.24, 2.45) is 0 Å². The average Bonchev–Trinajstić information content (AvgIpc) is 3.30. The molecular weight excluding hydrogens is 372 g/mol. The van der Waals surface area contributed by atoms with Crippen LogP contribution < -0.4 is 5.32 Å². The summed E-state index contributed by atoms with van der Waals surface area (Å²) < 4.78 is 0. The van der Waals surface area contributed by atoms with E-state index in [1.807, 2.05) is 6.07 Å². The number of urea groups is 2. The third-order valence-electron chi connectivity index (χ3n) is 6.43. The number of carbonyl (C=O) groups is 3. The first-order chi connectivity index (χ1) is 13.9. The van der Waals surface area contributed by atoms with Gasteiger partial charge in [-0.05, 0) is 12.5 Å². The van der Waals surface area contributed by atoms with Gasteiger partial charge in [0.2, 0.25) is 5.91 Å². The molecule has 0 unspecified atom stereocenters. The van der Waals surface area contributed by atoms with Crippen molar-refractivity contribution in [1.29, 1.82) is 0 Å². The number of rotatable bonds is 2. The molecule has 5 amide bonds. The van der Waals surface area contributed by atoms with Crippen molar-refractivity contribution in [2.75, 3.05) is 27.2 Å². The third kappa shape index (κ3) is 2.49. The highest BCUT2D eigenvalue weighted by Crippen LogP contribution is 2.30. The Morgan fingerprint density at radius 2 is 2.00 bits per heavy atom. The Morgan fingerprint density at radius 3 is 2.79 bits per heavy atom. The molecule has 3 aliphatic rings. The molecule has 29 heavy (non-hydrogen) atoms. The highest BCUT2D eigenvalue weighted by Gasteiger charge is 2.53. The third-order valence-corrected chi connectivity index (χ3v) is 6.43. The first kappa shape index (κ1) is 17.8. The van der Waals surface area contributed by atoms with Gasteiger partial charge in [-0.15, -0.1) is 0 Å². The van der Waals surface area contributed by atoms with Gasteiger partial charge in [0.1, 0.15) is 18.9 Å². The van der Waals surface area contributed by atoms with Crippen LogP contribution in [-0.2, 0) is 17.8 Å². The zero-order chi connectivity index (χ0) is 20.4. The highest BCUT2D eigenvalue weighted by atomic mass is 16.2. The Kier molecular flexibility index (Phi) is 3.77. The van der Waals surface area contributed by atoms with Crippen LogP contribution in [0.4, 0.5) is 9.59 Å². The molecule has 1 aromatic heterocycles. The Bertz CT molecular complexity index is 1050. The van der Waals surface area contributed by atoms with Gasteiger partial charge >= 0.3 is 12.1 Å². The van der Waals surface area contributed by atoms with Crippen LogP contribution in [0, 0.1) is 6.92 Å². The van der Waals surface area contributed by atoms with Crippen LogP contribution in [0.5, 0.6) is 0 Å². The fourth-order valence-electron chi connectivity index (χ4n) is 4.78. The summed E-state index contributed by atoms with van der Waals surface area (Å²) in [7, 11) is 3.31. The molecule has 9 nitrogen and oxygen atoms in total. The van der Waals surface area contributed by atoms with E-state index in [2.05, 4.69) is 29.4 Å². The first-order valence-corrected chi connectivity index (χ1v) is 9.80. The zero-order valence-corrected chi connectivity index (χ0v) is 16.7. The lowest BCUT2D eigenvalue weighted by atomic mass is 10.0. The Morgan fingerprint density at radius 1 is 1.21 bits per heavy atom. The van der Waals surface area contributed by atoms with Crippen molar-refractivity contribution in [3.8, 4) is 0 Å². The van der Waals surface area contributed by atoms with Crippen molar-refractivity contribution < 1.29 is 14.4 Å². The van der Waals surface area contributed by atoms with Crippen LogP contribution in [-0.4, -0.2) is 82.1 Å². The molecule has 3 aliphatic heterocycles. The summed E-state index contributed by atoms with van der Waals surface area (Å²) in [5, 5.41) is 3.95. The maximum absolute atomic E-state index is 13.1. The van der Waals surface area contributed by atoms with Crippen molar-refractivity contribution in [3.63, 3.8) is 0 Å². The largest absolute Gasteiger partial charge is 0.358 e. The van der Waals surface area contributed by atoms with E-state index in [4.69, 9.17) is 0 Å². The van der Waals surface area contributed by atoms with Crippen molar-refractivity contribution in [2.45, 2.75) is 32.2 Å². The Balaban J connectivity index is 1.36. The predicted molar refractivity (Wildman–Crippen MR) is 106 cm³/mol. The van der Waals surface area contributed by atoms with Crippen molar-refractivity contribution >= 4 is 28.9 Å². The monoisotopic (exact) mass is 396 g/mol. The lowest BCUT2D eigenvalue weighted by Crippen LogP contribution is -2.50. The molecule has 9 heteroatoms. The van der Waals surface area contributed by atoms with Gasteiger partial charge < -0.3 is 25.0 Å². The van der Waals surface area contributed by atoms with E-state index in [1.165, 1.54) is 26.0 Å². The topological polar surface area (TPSA) is 92.0 Å². The van der Waals surface area contributed by atoms with E-state index in [0.29, 0.717) is 13.1 Å². The van der Waals surface area contributed by atoms with Gasteiger partial charge in [0.25, 0.3) is 0 Å². The van der Waals surface area contributed by atoms with Gasteiger partial charge in [0, 0.05) is 55.8 Å². The average molecular weight is 396 g/mol. The molecule has 0 radical (unpaired) electrons. The predicted octanol–water partition coefficient (Wildman–Crippen LogP) is 1.04. The van der Waals surface area contributed by atoms with E-state index in [-0.39, 0.29) is 24.5 Å². The number of benzene rings is 1. The van der Waals surface area contributed by atoms with E-state index in [0.717, 1.165) is 22.9 Å². The van der Waals surface area contributed by atoms with E-state index >= 15 is 0 Å². The molecule has 5 rings (SSSR count). The summed E-state index contributed by atoms with van der Waals surface area (Å²) in [6.45, 7) is 3.16. The molecule has 0 saturated carbocycles. The number of aromatic nitrogens is 1. The zero-order valence-electron chi connectivity index (χ0n) is 16.7. The number of amides is 5. The number of hydrogen-bond acceptors (Lipinski definition) is 3. The second-order valence-corrected chi connectivity index (χ2v) is 8.09. The molecule has 2 fully saturated rings. The van der Waals surface area contributed by atoms with Gasteiger partial charge in [-0.2, -0.15) is 0 Å². The Labute approximate surface area is 168 Å². The van der Waals surface area contributed by atoms with Crippen molar-refractivity contribution in [1.82, 2.24) is 29.9 Å². The fraction of sp³-hybridized carbons (Fsp3) is 0.450. The lowest BCUT2D eigenvalue weighted by molar-refractivity contribution is -0.133. The number of nitrogens with zero attached hydrogens (tertiary/aromatic N) is 4. The quantitative estimate of drug-likeness (QED) is 0.794. The minimum absolute atomic E-state index is 0.0465. The van der Waals surface area contributed by atoms with Gasteiger partial charge in [0.15, 0.2) is 0 Å². The maximum Gasteiger partial charge on any atom is 0.323 e. The van der Waals surface area contributed by atoms with E-state index in [9.17, 15) is 14.4 Å². The van der Waals surface area contributed by atoms with E-state index in [1.54, 1.807) is 19.0 Å². The minimum Gasteiger partial charge on any atom is -0.358 e. The van der Waals surface area contributed by atoms with Crippen LogP contribution in [0.1, 0.15) is 16.8 Å². The maximum atomic E-state index is 13.1. The molecular formula is C20H24N6O3. The van der Waals surface area contributed by atoms with Gasteiger partial charge in [-0.3, -0.25) is 9.69 Å². The van der Waals surface area contributed by atoms with Crippen LogP contribution in [0.3, 0.4) is 0 Å². The second-order valence-electron chi connectivity index (χ2n) is 8.09. The van der Waals surface area contributed by atoms with Crippen LogP contribution >= 0.6 is 0 Å². The van der Waals surface area contributed by atoms with Gasteiger partial charge in [-0.1, -0.05) is 18.2 Å². The van der Waals surface area contributed by atoms with Crippen LogP contribution in [0.2, 0.25) is 0 Å². The summed E-state index contributed by atoms with van der Waals surface area (Å²) in [5.41, 5.74) is 4.65. The number of likely N-dealkylation sites (N-methyl/N-ethyl adjacent to an activating group) is 2. The number of fused-ring (bicyclic) bond motifs is 4. The fourth-order valence-corrected chi connectivity index (χ4v) is 4.78. The van der Waals surface area contributed by atoms with Crippen molar-refractivity contribution in [3.05, 3.63) is 35.0 Å². The second kappa shape index (κ2) is 6.13. The van der Waals surface area contributed by atoms with Crippen LogP contribution in [0.15, 0.2) is 18.2 Å². The number of aromatic amines is 1. The molecule has 2 saturated heterocycles. The molecule has 152 valence electrons. The smallest absolute Gasteiger partial charge is 0.323 e. The van der Waals surface area contributed by atoms with Crippen LogP contribution in [0.25, 0.3) is 10.9 Å². The summed E-state index contributed by atoms with van der Waals surface area (Å²) in [6.07, 6.45) is -0.147. The lowest BCUT2D eigenvalue weighted by Gasteiger charge is -2.31. The minimum atomic E-state index is -0.472. The van der Waals surface area contributed by atoms with E-state index < -0.39 is 12.3 Å². The molecule has 4 heterocycles. The molecule has 0 aliphatic carbocycles. The summed E-state index contributed by atoms with van der Waals surface area (Å²) in [5.74, 6) is -0.108. The number of carbonyl (C=O) groups excluding carboxylic acids is 3. The normalized spacial score (nSPS) is 23.7. The molecule has 2 atom stereocenters. The number of nitrogens with one attached hydrogen (secondary N) is 2. The molecule has 1 aromatic carbocycles. The molecule has 0 bridgehead atoms. The highest BCUT2D eigenvalue weighted by molar-refractivity contribution is 5.90. The summed E-state index contributed by atoms with van der Waals surface area (Å²) in [4.78, 5) is 47.5. The molecule has 0 spiro atoms. The SMILES string of the molecule is Cc1cccc2c3c([nH]c12)CCN(C(=O)CN1C(=O)N[C@@H]2[C@@H]1N(C)C(=O)N2C)C3.